The van der Waals surface area contributed by atoms with Gasteiger partial charge < -0.3 is 23.8 Å². The van der Waals surface area contributed by atoms with Crippen LogP contribution in [0.1, 0.15) is 34.0 Å². The number of nitrogens with zero attached hydrogens (tertiary/aromatic N) is 1. The minimum atomic E-state index is -0.423. The number of esters is 1. The summed E-state index contributed by atoms with van der Waals surface area (Å²) in [5, 5.41) is 0. The fraction of sp³-hybridized carbons (Fsp3) is 0.409. The molecule has 6 heteroatoms. The molecule has 0 bridgehead atoms. The molecule has 0 aromatic heterocycles. The lowest BCUT2D eigenvalue weighted by molar-refractivity contribution is 0.000555. The first-order valence-corrected chi connectivity index (χ1v) is 9.25. The van der Waals surface area contributed by atoms with Gasteiger partial charge in [0.25, 0.3) is 0 Å². The molecule has 28 heavy (non-hydrogen) atoms. The van der Waals surface area contributed by atoms with Crippen molar-refractivity contribution in [2.75, 3.05) is 35.4 Å². The Labute approximate surface area is 166 Å². The summed E-state index contributed by atoms with van der Waals surface area (Å²) in [5.74, 6) is 0.854. The molecule has 0 saturated heterocycles. The van der Waals surface area contributed by atoms with Gasteiger partial charge in [0.15, 0.2) is 11.5 Å². The average Bonchev–Trinajstić information content (AvgIpc) is 2.72. The minimum Gasteiger partial charge on any atom is -0.493 e. The van der Waals surface area contributed by atoms with Crippen LogP contribution in [0.15, 0.2) is 36.4 Å². The van der Waals surface area contributed by atoms with Crippen molar-refractivity contribution in [2.45, 2.75) is 25.0 Å². The van der Waals surface area contributed by atoms with E-state index in [4.69, 9.17) is 18.9 Å². The summed E-state index contributed by atoms with van der Waals surface area (Å²) >= 11 is 0. The Kier molecular flexibility index (Phi) is 6.09. The molecule has 0 amide bonds. The van der Waals surface area contributed by atoms with Crippen LogP contribution in [0.5, 0.6) is 17.2 Å². The molecule has 0 fully saturated rings. The number of rotatable bonds is 6. The van der Waals surface area contributed by atoms with Crippen LogP contribution < -0.4 is 14.2 Å². The Bertz CT molecular complexity index is 824. The predicted molar refractivity (Wildman–Crippen MR) is 106 cm³/mol. The second kappa shape index (κ2) is 8.52. The third kappa shape index (κ3) is 3.78. The topological polar surface area (TPSA) is 57.2 Å². The van der Waals surface area contributed by atoms with Crippen LogP contribution >= 0.6 is 0 Å². The smallest absolute Gasteiger partial charge is 0.339 e. The normalized spacial score (nSPS) is 18.4. The van der Waals surface area contributed by atoms with Crippen LogP contribution in [0.25, 0.3) is 0 Å². The van der Waals surface area contributed by atoms with Gasteiger partial charge in [0.2, 0.25) is 5.75 Å². The fourth-order valence-electron chi connectivity index (χ4n) is 3.75. The van der Waals surface area contributed by atoms with Crippen molar-refractivity contribution in [2.24, 2.45) is 0 Å². The lowest BCUT2D eigenvalue weighted by Crippen LogP contribution is -2.39. The van der Waals surface area contributed by atoms with Crippen LogP contribution in [0.4, 0.5) is 0 Å². The molecular formula is C22H27NO5. The molecule has 1 aliphatic carbocycles. The van der Waals surface area contributed by atoms with E-state index in [1.165, 1.54) is 26.9 Å². The van der Waals surface area contributed by atoms with Gasteiger partial charge in [0.1, 0.15) is 6.10 Å². The summed E-state index contributed by atoms with van der Waals surface area (Å²) in [6.45, 7) is 0. The molecule has 2 aromatic rings. The summed E-state index contributed by atoms with van der Waals surface area (Å²) in [6, 6.07) is 11.5. The number of fused-ring (bicyclic) bond motifs is 1. The predicted octanol–water partition coefficient (Wildman–Crippen LogP) is 3.49. The van der Waals surface area contributed by atoms with Gasteiger partial charge in [0.05, 0.1) is 32.9 Å². The van der Waals surface area contributed by atoms with Crippen LogP contribution in [0.3, 0.4) is 0 Å². The van der Waals surface area contributed by atoms with E-state index in [9.17, 15) is 4.79 Å². The largest absolute Gasteiger partial charge is 0.493 e. The van der Waals surface area contributed by atoms with Crippen molar-refractivity contribution in [1.29, 1.82) is 0 Å². The molecule has 1 aliphatic rings. The number of methoxy groups -OCH3 is 3. The van der Waals surface area contributed by atoms with Gasteiger partial charge in [-0.1, -0.05) is 24.3 Å². The molecule has 0 heterocycles. The van der Waals surface area contributed by atoms with Gasteiger partial charge in [-0.3, -0.25) is 0 Å². The lowest BCUT2D eigenvalue weighted by Gasteiger charge is -2.37. The SMILES string of the molecule is COc1cc(C(=O)O[C@H]2c3ccccc3CC[C@@H]2N(C)C)cc(OC)c1OC. The quantitative estimate of drug-likeness (QED) is 0.710. The Morgan fingerprint density at radius 3 is 2.21 bits per heavy atom. The highest BCUT2D eigenvalue weighted by Crippen LogP contribution is 2.40. The first kappa shape index (κ1) is 20.0. The minimum absolute atomic E-state index is 0.112. The molecular weight excluding hydrogens is 358 g/mol. The Balaban J connectivity index is 1.95. The zero-order valence-corrected chi connectivity index (χ0v) is 17.0. The second-order valence-corrected chi connectivity index (χ2v) is 7.01. The van der Waals surface area contributed by atoms with Crippen molar-refractivity contribution in [3.63, 3.8) is 0 Å². The van der Waals surface area contributed by atoms with E-state index in [1.54, 1.807) is 12.1 Å². The maximum absolute atomic E-state index is 13.0. The van der Waals surface area contributed by atoms with E-state index in [1.807, 2.05) is 32.3 Å². The molecule has 6 nitrogen and oxygen atoms in total. The number of carbonyl (C=O) groups is 1. The molecule has 0 radical (unpaired) electrons. The summed E-state index contributed by atoms with van der Waals surface area (Å²) in [4.78, 5) is 15.1. The van der Waals surface area contributed by atoms with Crippen molar-refractivity contribution in [3.8, 4) is 17.2 Å². The first-order chi connectivity index (χ1) is 13.5. The first-order valence-electron chi connectivity index (χ1n) is 9.25. The highest BCUT2D eigenvalue weighted by Gasteiger charge is 2.34. The molecule has 150 valence electrons. The Morgan fingerprint density at radius 1 is 1.00 bits per heavy atom. The number of hydrogen-bond acceptors (Lipinski definition) is 6. The summed E-state index contributed by atoms with van der Waals surface area (Å²) in [6.07, 6.45) is 1.56. The van der Waals surface area contributed by atoms with Gasteiger partial charge >= 0.3 is 5.97 Å². The van der Waals surface area contributed by atoms with Crippen LogP contribution in [0, 0.1) is 0 Å². The molecule has 0 saturated carbocycles. The number of likely N-dealkylation sites (N-methyl/N-ethyl adjacent to an activating group) is 1. The van der Waals surface area contributed by atoms with Crippen molar-refractivity contribution in [1.82, 2.24) is 4.90 Å². The molecule has 0 aliphatic heterocycles. The summed E-state index contributed by atoms with van der Waals surface area (Å²) in [7, 11) is 8.59. The summed E-state index contributed by atoms with van der Waals surface area (Å²) in [5.41, 5.74) is 2.64. The molecule has 0 N–H and O–H groups in total. The van der Waals surface area contributed by atoms with E-state index in [0.717, 1.165) is 18.4 Å². The molecule has 2 aromatic carbocycles. The second-order valence-electron chi connectivity index (χ2n) is 7.01. The standard InChI is InChI=1S/C22H27NO5/c1-23(2)17-11-10-14-8-6-7-9-16(14)20(17)28-22(24)15-12-18(25-3)21(27-5)19(13-15)26-4/h6-9,12-13,17,20H,10-11H2,1-5H3/t17-,20-/m0/s1. The molecule has 0 unspecified atom stereocenters. The average molecular weight is 385 g/mol. The highest BCUT2D eigenvalue weighted by atomic mass is 16.5. The van der Waals surface area contributed by atoms with E-state index in [0.29, 0.717) is 22.8 Å². The maximum atomic E-state index is 13.0. The number of aryl methyl sites for hydroxylation is 1. The zero-order chi connectivity index (χ0) is 20.3. The number of carbonyl (C=O) groups excluding carboxylic acids is 1. The Morgan fingerprint density at radius 2 is 1.64 bits per heavy atom. The van der Waals surface area contributed by atoms with Gasteiger partial charge in [-0.05, 0) is 50.2 Å². The third-order valence-corrected chi connectivity index (χ3v) is 5.22. The number of ether oxygens (including phenoxy) is 4. The monoisotopic (exact) mass is 385 g/mol. The van der Waals surface area contributed by atoms with Crippen molar-refractivity contribution >= 4 is 5.97 Å². The van der Waals surface area contributed by atoms with Crippen LogP contribution in [-0.4, -0.2) is 52.3 Å². The fourth-order valence-corrected chi connectivity index (χ4v) is 3.75. The van der Waals surface area contributed by atoms with E-state index in [2.05, 4.69) is 11.0 Å². The van der Waals surface area contributed by atoms with Gasteiger partial charge in [-0.25, -0.2) is 4.79 Å². The zero-order valence-electron chi connectivity index (χ0n) is 17.0. The van der Waals surface area contributed by atoms with Crippen molar-refractivity contribution < 1.29 is 23.7 Å². The number of hydrogen-bond donors (Lipinski definition) is 0. The lowest BCUT2D eigenvalue weighted by atomic mass is 9.85. The number of benzene rings is 2. The molecule has 3 rings (SSSR count). The van der Waals surface area contributed by atoms with Crippen molar-refractivity contribution in [3.05, 3.63) is 53.1 Å². The van der Waals surface area contributed by atoms with Gasteiger partial charge in [-0.2, -0.15) is 0 Å². The highest BCUT2D eigenvalue weighted by molar-refractivity contribution is 5.91. The van der Waals surface area contributed by atoms with Gasteiger partial charge in [0, 0.05) is 0 Å². The third-order valence-electron chi connectivity index (χ3n) is 5.22. The molecule has 2 atom stereocenters. The van der Waals surface area contributed by atoms with E-state index < -0.39 is 5.97 Å². The Hall–Kier alpha value is -2.73. The van der Waals surface area contributed by atoms with Gasteiger partial charge in [-0.15, -0.1) is 0 Å². The van der Waals surface area contributed by atoms with Crippen LogP contribution in [0.2, 0.25) is 0 Å². The maximum Gasteiger partial charge on any atom is 0.339 e. The molecule has 0 spiro atoms. The van der Waals surface area contributed by atoms with E-state index >= 15 is 0 Å². The summed E-state index contributed by atoms with van der Waals surface area (Å²) < 4.78 is 22.1. The van der Waals surface area contributed by atoms with E-state index in [-0.39, 0.29) is 12.1 Å². The van der Waals surface area contributed by atoms with Crippen LogP contribution in [-0.2, 0) is 11.2 Å².